The molecule has 0 aliphatic carbocycles. The number of hydrogen-bond acceptors (Lipinski definition) is 4. The second-order valence-corrected chi connectivity index (χ2v) is 9.47. The number of aromatic nitrogens is 2. The van der Waals surface area contributed by atoms with Gasteiger partial charge in [0.05, 0.1) is 0 Å². The molecule has 1 aliphatic rings. The van der Waals surface area contributed by atoms with Crippen LogP contribution in [0.3, 0.4) is 0 Å². The Bertz CT molecular complexity index is 905. The predicted molar refractivity (Wildman–Crippen MR) is 105 cm³/mol. The van der Waals surface area contributed by atoms with Gasteiger partial charge in [-0.25, -0.2) is 13.4 Å². The van der Waals surface area contributed by atoms with Crippen LogP contribution in [0.15, 0.2) is 40.0 Å². The fourth-order valence-corrected chi connectivity index (χ4v) is 5.00. The van der Waals surface area contributed by atoms with Crippen LogP contribution in [-0.2, 0) is 28.4 Å². The number of nitrogens with one attached hydrogen (secondary N) is 1. The van der Waals surface area contributed by atoms with Crippen LogP contribution in [0.4, 0.5) is 0 Å². The molecule has 1 amide bonds. The van der Waals surface area contributed by atoms with Gasteiger partial charge >= 0.3 is 0 Å². The smallest absolute Gasteiger partial charge is 0.263 e. The van der Waals surface area contributed by atoms with Gasteiger partial charge in [0, 0.05) is 30.8 Å². The highest BCUT2D eigenvalue weighted by atomic mass is 79.9. The Morgan fingerprint density at radius 2 is 2.00 bits per heavy atom. The zero-order chi connectivity index (χ0) is 19.6. The summed E-state index contributed by atoms with van der Waals surface area (Å²) in [7, 11) is -2.18. The Kier molecular flexibility index (Phi) is 6.02. The Morgan fingerprint density at radius 3 is 2.63 bits per heavy atom. The maximum Gasteiger partial charge on any atom is 0.263 e. The summed E-state index contributed by atoms with van der Waals surface area (Å²) in [4.78, 5) is 16.8. The summed E-state index contributed by atoms with van der Waals surface area (Å²) in [6.07, 6.45) is 3.62. The van der Waals surface area contributed by atoms with Gasteiger partial charge in [-0.05, 0) is 43.9 Å². The normalized spacial score (nSPS) is 18.4. The van der Waals surface area contributed by atoms with Crippen LogP contribution in [0.1, 0.15) is 30.7 Å². The van der Waals surface area contributed by atoms with E-state index in [-0.39, 0.29) is 17.5 Å². The van der Waals surface area contributed by atoms with Gasteiger partial charge in [0.15, 0.2) is 5.03 Å². The standard InChI is InChI=1S/C18H23BrN4O3S/c1-13-21-17(12-22(13)2)27(25,26)23(11-14-6-8-15(19)9-7-14)16-5-3-4-10-20-18(16)24/h6-9,12,16H,3-5,10-11H2,1-2H3,(H,20,24)/t16-/m1/s1. The van der Waals surface area contributed by atoms with E-state index in [1.165, 1.54) is 10.5 Å². The second-order valence-electron chi connectivity index (χ2n) is 6.72. The van der Waals surface area contributed by atoms with Crippen molar-refractivity contribution in [3.8, 4) is 0 Å². The molecule has 3 rings (SSSR count). The monoisotopic (exact) mass is 454 g/mol. The highest BCUT2D eigenvalue weighted by Crippen LogP contribution is 2.25. The molecule has 0 bridgehead atoms. The lowest BCUT2D eigenvalue weighted by molar-refractivity contribution is -0.124. The van der Waals surface area contributed by atoms with Crippen molar-refractivity contribution in [3.05, 3.63) is 46.3 Å². The number of nitrogens with zero attached hydrogens (tertiary/aromatic N) is 3. The lowest BCUT2D eigenvalue weighted by Crippen LogP contribution is -2.48. The van der Waals surface area contributed by atoms with Crippen LogP contribution in [-0.4, -0.2) is 40.8 Å². The minimum Gasteiger partial charge on any atom is -0.355 e. The van der Waals surface area contributed by atoms with Crippen molar-refractivity contribution < 1.29 is 13.2 Å². The number of amides is 1. The molecule has 1 aromatic heterocycles. The van der Waals surface area contributed by atoms with Crippen LogP contribution in [0.5, 0.6) is 0 Å². The molecule has 7 nitrogen and oxygen atoms in total. The number of carbonyl (C=O) groups is 1. The molecule has 1 N–H and O–H groups in total. The van der Waals surface area contributed by atoms with Crippen molar-refractivity contribution in [2.24, 2.45) is 7.05 Å². The zero-order valence-electron chi connectivity index (χ0n) is 15.4. The molecule has 1 fully saturated rings. The minimum absolute atomic E-state index is 0.0309. The molecule has 0 unspecified atom stereocenters. The molecule has 1 atom stereocenters. The van der Waals surface area contributed by atoms with Crippen LogP contribution in [0.2, 0.25) is 0 Å². The topological polar surface area (TPSA) is 84.3 Å². The van der Waals surface area contributed by atoms with E-state index in [1.54, 1.807) is 18.5 Å². The average Bonchev–Trinajstić information content (AvgIpc) is 2.84. The number of aryl methyl sites for hydroxylation is 2. The number of carbonyl (C=O) groups excluding carboxylic acids is 1. The molecule has 0 saturated carbocycles. The third-order valence-corrected chi connectivity index (χ3v) is 7.02. The summed E-state index contributed by atoms with van der Waals surface area (Å²) in [6, 6.07) is 6.68. The van der Waals surface area contributed by atoms with Gasteiger partial charge in [-0.1, -0.05) is 28.1 Å². The molecule has 1 saturated heterocycles. The highest BCUT2D eigenvalue weighted by molar-refractivity contribution is 9.10. The first-order valence-corrected chi connectivity index (χ1v) is 11.1. The van der Waals surface area contributed by atoms with Crippen LogP contribution in [0.25, 0.3) is 0 Å². The molecule has 9 heteroatoms. The Balaban J connectivity index is 2.02. The lowest BCUT2D eigenvalue weighted by atomic mass is 10.1. The van der Waals surface area contributed by atoms with Crippen LogP contribution < -0.4 is 5.32 Å². The van der Waals surface area contributed by atoms with Gasteiger partial charge in [0.25, 0.3) is 10.0 Å². The summed E-state index contributed by atoms with van der Waals surface area (Å²) in [6.45, 7) is 2.43. The Labute approximate surface area is 168 Å². The molecule has 2 heterocycles. The molecule has 27 heavy (non-hydrogen) atoms. The summed E-state index contributed by atoms with van der Waals surface area (Å²) in [5.74, 6) is 0.350. The summed E-state index contributed by atoms with van der Waals surface area (Å²) in [5, 5.41) is 2.80. The minimum atomic E-state index is -3.93. The van der Waals surface area contributed by atoms with Gasteiger partial charge in [0.1, 0.15) is 11.9 Å². The van der Waals surface area contributed by atoms with Gasteiger partial charge < -0.3 is 9.88 Å². The molecular weight excluding hydrogens is 432 g/mol. The number of benzene rings is 1. The second kappa shape index (κ2) is 8.12. The lowest BCUT2D eigenvalue weighted by Gasteiger charge is -2.28. The van der Waals surface area contributed by atoms with Crippen LogP contribution >= 0.6 is 15.9 Å². The first-order valence-electron chi connectivity index (χ1n) is 8.83. The zero-order valence-corrected chi connectivity index (χ0v) is 17.8. The molecule has 0 radical (unpaired) electrons. The average molecular weight is 455 g/mol. The quantitative estimate of drug-likeness (QED) is 0.751. The Morgan fingerprint density at radius 1 is 1.30 bits per heavy atom. The van der Waals surface area contributed by atoms with Crippen molar-refractivity contribution in [1.82, 2.24) is 19.2 Å². The molecule has 0 spiro atoms. The number of hydrogen-bond donors (Lipinski definition) is 1. The van der Waals surface area contributed by atoms with E-state index >= 15 is 0 Å². The summed E-state index contributed by atoms with van der Waals surface area (Å²) >= 11 is 3.39. The maximum absolute atomic E-state index is 13.4. The first-order chi connectivity index (χ1) is 12.8. The van der Waals surface area contributed by atoms with Crippen molar-refractivity contribution in [3.63, 3.8) is 0 Å². The number of imidazole rings is 1. The van der Waals surface area contributed by atoms with Crippen LogP contribution in [0, 0.1) is 6.92 Å². The van der Waals surface area contributed by atoms with E-state index < -0.39 is 16.1 Å². The van der Waals surface area contributed by atoms with E-state index in [0.29, 0.717) is 18.8 Å². The van der Waals surface area contributed by atoms with Crippen molar-refractivity contribution in [2.75, 3.05) is 6.54 Å². The van der Waals surface area contributed by atoms with Gasteiger partial charge in [-0.3, -0.25) is 4.79 Å². The fraction of sp³-hybridized carbons (Fsp3) is 0.444. The summed E-state index contributed by atoms with van der Waals surface area (Å²) < 4.78 is 30.6. The molecular formula is C18H23BrN4O3S. The van der Waals surface area contributed by atoms with Crippen molar-refractivity contribution >= 4 is 31.9 Å². The summed E-state index contributed by atoms with van der Waals surface area (Å²) in [5.41, 5.74) is 0.812. The number of halogens is 1. The number of sulfonamides is 1. The largest absolute Gasteiger partial charge is 0.355 e. The predicted octanol–water partition coefficient (Wildman–Crippen LogP) is 2.35. The molecule has 1 aromatic carbocycles. The molecule has 2 aromatic rings. The van der Waals surface area contributed by atoms with E-state index in [4.69, 9.17) is 0 Å². The third kappa shape index (κ3) is 4.41. The van der Waals surface area contributed by atoms with E-state index in [2.05, 4.69) is 26.2 Å². The molecule has 146 valence electrons. The maximum atomic E-state index is 13.4. The van der Waals surface area contributed by atoms with Gasteiger partial charge in [-0.2, -0.15) is 4.31 Å². The van der Waals surface area contributed by atoms with E-state index in [1.807, 2.05) is 24.3 Å². The molecule has 1 aliphatic heterocycles. The Hall–Kier alpha value is -1.71. The first kappa shape index (κ1) is 20.0. The highest BCUT2D eigenvalue weighted by Gasteiger charge is 2.37. The van der Waals surface area contributed by atoms with E-state index in [0.717, 1.165) is 22.9 Å². The fourth-order valence-electron chi connectivity index (χ4n) is 3.10. The van der Waals surface area contributed by atoms with E-state index in [9.17, 15) is 13.2 Å². The third-order valence-electron chi connectivity index (χ3n) is 4.77. The van der Waals surface area contributed by atoms with Crippen molar-refractivity contribution in [2.45, 2.75) is 43.8 Å². The number of rotatable bonds is 5. The van der Waals surface area contributed by atoms with Gasteiger partial charge in [-0.15, -0.1) is 0 Å². The van der Waals surface area contributed by atoms with Crippen molar-refractivity contribution in [1.29, 1.82) is 0 Å². The SMILES string of the molecule is Cc1nc(S(=O)(=O)N(Cc2ccc(Br)cc2)[C@@H]2CCCCNC2=O)cn1C. The van der Waals surface area contributed by atoms with Gasteiger partial charge in [0.2, 0.25) is 5.91 Å².